The van der Waals surface area contributed by atoms with E-state index in [4.69, 9.17) is 17.1 Å². The summed E-state index contributed by atoms with van der Waals surface area (Å²) in [6.07, 6.45) is 1.72. The van der Waals surface area contributed by atoms with Crippen molar-refractivity contribution in [2.45, 2.75) is 6.42 Å². The van der Waals surface area contributed by atoms with Gasteiger partial charge in [-0.3, -0.25) is 10.1 Å². The molecule has 0 unspecified atom stereocenters. The van der Waals surface area contributed by atoms with E-state index in [1.807, 2.05) is 0 Å². The molecule has 86 valence electrons. The van der Waals surface area contributed by atoms with Gasteiger partial charge in [0.25, 0.3) is 0 Å². The van der Waals surface area contributed by atoms with Crippen molar-refractivity contribution in [1.82, 2.24) is 4.98 Å². The molecule has 0 saturated heterocycles. The molecule has 0 spiro atoms. The minimum atomic E-state index is -0.625. The van der Waals surface area contributed by atoms with Crippen molar-refractivity contribution >= 4 is 17.3 Å². The van der Waals surface area contributed by atoms with Crippen LogP contribution < -0.4 is 0 Å². The summed E-state index contributed by atoms with van der Waals surface area (Å²) in [5.41, 5.74) is 8.13. The van der Waals surface area contributed by atoms with E-state index in [1.54, 1.807) is 0 Å². The predicted molar refractivity (Wildman–Crippen MR) is 61.4 cm³/mol. The van der Waals surface area contributed by atoms with Crippen molar-refractivity contribution in [1.29, 1.82) is 0 Å². The zero-order valence-electron chi connectivity index (χ0n) is 8.50. The fourth-order valence-electron chi connectivity index (χ4n) is 0.948. The molecule has 1 aromatic heterocycles. The highest BCUT2D eigenvalue weighted by atomic mass is 35.5. The molecule has 0 atom stereocenters. The molecule has 0 radical (unpaired) electrons. The van der Waals surface area contributed by atoms with E-state index in [0.717, 1.165) is 0 Å². The smallest absolute Gasteiger partial charge is 0.258 e. The van der Waals surface area contributed by atoms with Crippen LogP contribution in [0.4, 0.5) is 5.69 Å². The number of rotatable bonds is 3. The summed E-state index contributed by atoms with van der Waals surface area (Å²) in [4.78, 5) is 16.2. The Labute approximate surface area is 101 Å². The van der Waals surface area contributed by atoms with Crippen LogP contribution in [-0.2, 0) is 0 Å². The second-order valence-electron chi connectivity index (χ2n) is 2.80. The van der Waals surface area contributed by atoms with Gasteiger partial charge in [-0.1, -0.05) is 28.6 Å². The van der Waals surface area contributed by atoms with Crippen molar-refractivity contribution in [2.75, 3.05) is 6.54 Å². The zero-order valence-corrected chi connectivity index (χ0v) is 9.26. The Bertz CT molecular complexity index is 542. The molecule has 0 bridgehead atoms. The summed E-state index contributed by atoms with van der Waals surface area (Å²) < 4.78 is 0. The normalized spacial score (nSPS) is 8.76. The van der Waals surface area contributed by atoms with Gasteiger partial charge in [0.05, 0.1) is 4.92 Å². The summed E-state index contributed by atoms with van der Waals surface area (Å²) >= 11 is 5.54. The molecule has 1 aromatic rings. The maximum Gasteiger partial charge on any atom is 0.307 e. The van der Waals surface area contributed by atoms with E-state index in [1.165, 1.54) is 12.3 Å². The van der Waals surface area contributed by atoms with Gasteiger partial charge >= 0.3 is 5.69 Å². The van der Waals surface area contributed by atoms with Crippen molar-refractivity contribution in [3.8, 4) is 11.8 Å². The standard InChI is InChI=1S/C9H6ClN5O2/c10-9-8(15(16)17)5-7(6-12-9)3-1-2-4-13-14-11/h5-6H,2,4H2. The van der Waals surface area contributed by atoms with Crippen LogP contribution in [0.3, 0.4) is 0 Å². The summed E-state index contributed by atoms with van der Waals surface area (Å²) in [7, 11) is 0. The number of azide groups is 1. The van der Waals surface area contributed by atoms with Gasteiger partial charge in [0, 0.05) is 35.7 Å². The first-order valence-corrected chi connectivity index (χ1v) is 4.82. The van der Waals surface area contributed by atoms with Crippen LogP contribution >= 0.6 is 11.6 Å². The van der Waals surface area contributed by atoms with Crippen molar-refractivity contribution in [2.24, 2.45) is 5.11 Å². The predicted octanol–water partition coefficient (Wildman–Crippen LogP) is 2.70. The van der Waals surface area contributed by atoms with E-state index in [9.17, 15) is 10.1 Å². The number of pyridine rings is 1. The lowest BCUT2D eigenvalue weighted by molar-refractivity contribution is -0.385. The van der Waals surface area contributed by atoms with Crippen molar-refractivity contribution in [3.05, 3.63) is 43.5 Å². The molecule has 1 rings (SSSR count). The van der Waals surface area contributed by atoms with Crippen LogP contribution in [0.1, 0.15) is 12.0 Å². The first-order valence-electron chi connectivity index (χ1n) is 4.45. The summed E-state index contributed by atoms with van der Waals surface area (Å²) in [6, 6.07) is 1.25. The molecule has 8 heteroatoms. The Morgan fingerprint density at radius 2 is 2.47 bits per heavy atom. The maximum atomic E-state index is 10.6. The molecular formula is C9H6ClN5O2. The van der Waals surface area contributed by atoms with Gasteiger partial charge in [0.15, 0.2) is 0 Å². The molecule has 7 nitrogen and oxygen atoms in total. The van der Waals surface area contributed by atoms with Gasteiger partial charge in [-0.25, -0.2) is 4.98 Å². The number of halogens is 1. The minimum Gasteiger partial charge on any atom is -0.258 e. The lowest BCUT2D eigenvalue weighted by atomic mass is 10.2. The molecular weight excluding hydrogens is 246 g/mol. The van der Waals surface area contributed by atoms with Gasteiger partial charge in [-0.2, -0.15) is 0 Å². The van der Waals surface area contributed by atoms with Gasteiger partial charge < -0.3 is 0 Å². The monoisotopic (exact) mass is 251 g/mol. The Balaban J connectivity index is 2.82. The molecule has 17 heavy (non-hydrogen) atoms. The first kappa shape index (κ1) is 12.8. The summed E-state index contributed by atoms with van der Waals surface area (Å²) in [6.45, 7) is 0.257. The third-order valence-corrected chi connectivity index (χ3v) is 1.94. The van der Waals surface area contributed by atoms with Crippen LogP contribution in [0.25, 0.3) is 10.4 Å². The quantitative estimate of drug-likeness (QED) is 0.120. The Kier molecular flexibility index (Phi) is 4.76. The second kappa shape index (κ2) is 6.33. The Hall–Kier alpha value is -2.29. The van der Waals surface area contributed by atoms with E-state index in [0.29, 0.717) is 12.0 Å². The molecule has 1 heterocycles. The molecule has 0 fully saturated rings. The lowest BCUT2D eigenvalue weighted by Gasteiger charge is -1.94. The van der Waals surface area contributed by atoms with Crippen LogP contribution in [-0.4, -0.2) is 16.5 Å². The molecule has 0 aromatic carbocycles. The van der Waals surface area contributed by atoms with E-state index >= 15 is 0 Å². The van der Waals surface area contributed by atoms with Crippen LogP contribution in [0, 0.1) is 22.0 Å². The summed E-state index contributed by atoms with van der Waals surface area (Å²) in [5.74, 6) is 5.37. The molecule has 0 aliphatic rings. The minimum absolute atomic E-state index is 0.172. The van der Waals surface area contributed by atoms with Gasteiger partial charge in [-0.05, 0) is 5.53 Å². The highest BCUT2D eigenvalue weighted by Crippen LogP contribution is 2.21. The molecule has 0 saturated carbocycles. The van der Waals surface area contributed by atoms with E-state index < -0.39 is 4.92 Å². The van der Waals surface area contributed by atoms with E-state index in [2.05, 4.69) is 26.9 Å². The Morgan fingerprint density at radius 3 is 3.12 bits per heavy atom. The van der Waals surface area contributed by atoms with E-state index in [-0.39, 0.29) is 17.4 Å². The zero-order chi connectivity index (χ0) is 12.7. The maximum absolute atomic E-state index is 10.6. The highest BCUT2D eigenvalue weighted by Gasteiger charge is 2.13. The third kappa shape index (κ3) is 3.99. The van der Waals surface area contributed by atoms with Gasteiger partial charge in [-0.15, -0.1) is 0 Å². The summed E-state index contributed by atoms with van der Waals surface area (Å²) in [5, 5.41) is 13.7. The SMILES string of the molecule is [N-]=[N+]=NCCC#Cc1cnc(Cl)c([N+](=O)[O-])c1. The van der Waals surface area contributed by atoms with Crippen LogP contribution in [0.15, 0.2) is 17.4 Å². The third-order valence-electron chi connectivity index (χ3n) is 1.65. The fourth-order valence-corrected chi connectivity index (χ4v) is 1.12. The molecule has 0 aliphatic heterocycles. The lowest BCUT2D eigenvalue weighted by Crippen LogP contribution is -1.92. The van der Waals surface area contributed by atoms with Gasteiger partial charge in [0.1, 0.15) is 0 Å². The molecule has 0 N–H and O–H groups in total. The van der Waals surface area contributed by atoms with Crippen LogP contribution in [0.5, 0.6) is 0 Å². The average Bonchev–Trinajstić information content (AvgIpc) is 2.30. The molecule has 0 amide bonds. The number of hydrogen-bond donors (Lipinski definition) is 0. The van der Waals surface area contributed by atoms with Gasteiger partial charge in [0.2, 0.25) is 5.15 Å². The first-order chi connectivity index (χ1) is 8.15. The number of nitrogens with zero attached hydrogens (tertiary/aromatic N) is 5. The number of hydrogen-bond acceptors (Lipinski definition) is 4. The Morgan fingerprint density at radius 1 is 1.71 bits per heavy atom. The largest absolute Gasteiger partial charge is 0.307 e. The highest BCUT2D eigenvalue weighted by molar-refractivity contribution is 6.31. The average molecular weight is 252 g/mol. The topological polar surface area (TPSA) is 105 Å². The van der Waals surface area contributed by atoms with Crippen molar-refractivity contribution in [3.63, 3.8) is 0 Å². The van der Waals surface area contributed by atoms with Crippen LogP contribution in [0.2, 0.25) is 5.15 Å². The fraction of sp³-hybridized carbons (Fsp3) is 0.222. The van der Waals surface area contributed by atoms with Crippen molar-refractivity contribution < 1.29 is 4.92 Å². The molecule has 0 aliphatic carbocycles. The number of aromatic nitrogens is 1. The second-order valence-corrected chi connectivity index (χ2v) is 3.16. The number of nitro groups is 1.